The number of rotatable bonds is 2. The van der Waals surface area contributed by atoms with Gasteiger partial charge in [0.15, 0.2) is 0 Å². The second-order valence-electron chi connectivity index (χ2n) is 4.58. The number of ether oxygens (including phenoxy) is 1. The number of anilines is 1. The van der Waals surface area contributed by atoms with Crippen LogP contribution in [0.2, 0.25) is 0 Å². The van der Waals surface area contributed by atoms with Crippen molar-refractivity contribution in [2.24, 2.45) is 5.73 Å². The van der Waals surface area contributed by atoms with Crippen molar-refractivity contribution in [2.45, 2.75) is 26.0 Å². The van der Waals surface area contributed by atoms with Gasteiger partial charge in [-0.15, -0.1) is 0 Å². The molecule has 0 spiro atoms. The summed E-state index contributed by atoms with van der Waals surface area (Å²) in [6.07, 6.45) is -0.287. The molecule has 1 aromatic rings. The minimum Gasteiger partial charge on any atom is -0.441 e. The first kappa shape index (κ1) is 11.0. The molecule has 0 bridgehead atoms. The summed E-state index contributed by atoms with van der Waals surface area (Å²) in [6, 6.07) is 7.64. The summed E-state index contributed by atoms with van der Waals surface area (Å²) in [5.74, 6) is 0. The summed E-state index contributed by atoms with van der Waals surface area (Å²) >= 11 is 0. The molecule has 2 N–H and O–H groups in total. The zero-order chi connectivity index (χ0) is 11.8. The van der Waals surface area contributed by atoms with Crippen molar-refractivity contribution in [3.63, 3.8) is 0 Å². The number of cyclic esters (lactones) is 1. The SMILES string of the molecule is CC1(C)CN(c2ccc(CN)cc2)C(=O)O1. The lowest BCUT2D eigenvalue weighted by Crippen LogP contribution is -2.28. The van der Waals surface area contributed by atoms with E-state index in [4.69, 9.17) is 10.5 Å². The summed E-state index contributed by atoms with van der Waals surface area (Å²) in [6.45, 7) is 4.89. The maximum Gasteiger partial charge on any atom is 0.415 e. The Kier molecular flexibility index (Phi) is 2.59. The van der Waals surface area contributed by atoms with Crippen molar-refractivity contribution >= 4 is 11.8 Å². The van der Waals surface area contributed by atoms with Gasteiger partial charge in [0, 0.05) is 12.2 Å². The van der Waals surface area contributed by atoms with E-state index in [9.17, 15) is 4.79 Å². The van der Waals surface area contributed by atoms with Crippen molar-refractivity contribution in [3.05, 3.63) is 29.8 Å². The van der Waals surface area contributed by atoms with Gasteiger partial charge in [-0.3, -0.25) is 4.90 Å². The monoisotopic (exact) mass is 220 g/mol. The lowest BCUT2D eigenvalue weighted by Gasteiger charge is -2.15. The summed E-state index contributed by atoms with van der Waals surface area (Å²) in [5, 5.41) is 0. The summed E-state index contributed by atoms with van der Waals surface area (Å²) < 4.78 is 5.23. The Morgan fingerprint density at radius 2 is 2.00 bits per heavy atom. The first-order chi connectivity index (χ1) is 7.52. The highest BCUT2D eigenvalue weighted by molar-refractivity contribution is 5.90. The van der Waals surface area contributed by atoms with Crippen LogP contribution in [0.4, 0.5) is 10.5 Å². The van der Waals surface area contributed by atoms with E-state index in [0.717, 1.165) is 11.3 Å². The van der Waals surface area contributed by atoms with E-state index in [-0.39, 0.29) is 6.09 Å². The van der Waals surface area contributed by atoms with E-state index >= 15 is 0 Å². The van der Waals surface area contributed by atoms with Crippen LogP contribution in [0.25, 0.3) is 0 Å². The van der Waals surface area contributed by atoms with Crippen molar-refractivity contribution in [3.8, 4) is 0 Å². The van der Waals surface area contributed by atoms with Crippen molar-refractivity contribution in [2.75, 3.05) is 11.4 Å². The van der Waals surface area contributed by atoms with Gasteiger partial charge in [0.25, 0.3) is 0 Å². The van der Waals surface area contributed by atoms with E-state index in [0.29, 0.717) is 13.1 Å². The quantitative estimate of drug-likeness (QED) is 0.828. The van der Waals surface area contributed by atoms with Crippen LogP contribution in [0.5, 0.6) is 0 Å². The average Bonchev–Trinajstić information content (AvgIpc) is 2.52. The van der Waals surface area contributed by atoms with E-state index < -0.39 is 5.60 Å². The highest BCUT2D eigenvalue weighted by atomic mass is 16.6. The third kappa shape index (κ3) is 2.02. The second kappa shape index (κ2) is 3.79. The molecule has 0 aliphatic carbocycles. The van der Waals surface area contributed by atoms with Crippen LogP contribution in [0.3, 0.4) is 0 Å². The largest absolute Gasteiger partial charge is 0.441 e. The number of hydrogen-bond donors (Lipinski definition) is 1. The first-order valence-corrected chi connectivity index (χ1v) is 5.31. The Bertz CT molecular complexity index is 398. The molecule has 4 heteroatoms. The predicted octanol–water partition coefficient (Wildman–Crippen LogP) is 1.88. The molecule has 0 unspecified atom stereocenters. The van der Waals surface area contributed by atoms with Crippen molar-refractivity contribution in [1.82, 2.24) is 0 Å². The zero-order valence-electron chi connectivity index (χ0n) is 9.56. The van der Waals surface area contributed by atoms with Crippen LogP contribution in [-0.2, 0) is 11.3 Å². The summed E-state index contributed by atoms with van der Waals surface area (Å²) in [7, 11) is 0. The molecule has 1 aliphatic heterocycles. The molecule has 1 amide bonds. The van der Waals surface area contributed by atoms with Crippen LogP contribution in [-0.4, -0.2) is 18.2 Å². The first-order valence-electron chi connectivity index (χ1n) is 5.31. The molecule has 2 rings (SSSR count). The molecule has 86 valence electrons. The molecule has 16 heavy (non-hydrogen) atoms. The number of hydrogen-bond acceptors (Lipinski definition) is 3. The molecule has 1 aliphatic rings. The lowest BCUT2D eigenvalue weighted by molar-refractivity contribution is 0.0871. The van der Waals surface area contributed by atoms with Gasteiger partial charge in [-0.05, 0) is 31.5 Å². The Labute approximate surface area is 95.0 Å². The van der Waals surface area contributed by atoms with Gasteiger partial charge in [-0.1, -0.05) is 12.1 Å². The fourth-order valence-electron chi connectivity index (χ4n) is 1.78. The van der Waals surface area contributed by atoms with E-state index in [1.54, 1.807) is 4.90 Å². The number of nitrogens with two attached hydrogens (primary N) is 1. The fourth-order valence-corrected chi connectivity index (χ4v) is 1.78. The smallest absolute Gasteiger partial charge is 0.415 e. The zero-order valence-corrected chi connectivity index (χ0v) is 9.56. The van der Waals surface area contributed by atoms with Gasteiger partial charge in [0.1, 0.15) is 5.60 Å². The third-order valence-corrected chi connectivity index (χ3v) is 2.61. The van der Waals surface area contributed by atoms with E-state index in [2.05, 4.69) is 0 Å². The molecular weight excluding hydrogens is 204 g/mol. The highest BCUT2D eigenvalue weighted by Gasteiger charge is 2.38. The maximum absolute atomic E-state index is 11.6. The average molecular weight is 220 g/mol. The number of nitrogens with zero attached hydrogens (tertiary/aromatic N) is 1. The molecule has 1 aromatic carbocycles. The van der Waals surface area contributed by atoms with Crippen molar-refractivity contribution < 1.29 is 9.53 Å². The standard InChI is InChI=1S/C12H16N2O2/c1-12(2)8-14(11(15)16-12)10-5-3-9(7-13)4-6-10/h3-6H,7-8,13H2,1-2H3. The number of benzene rings is 1. The maximum atomic E-state index is 11.6. The minimum absolute atomic E-state index is 0.287. The number of carbonyl (C=O) groups excluding carboxylic acids is 1. The van der Waals surface area contributed by atoms with Crippen LogP contribution in [0, 0.1) is 0 Å². The van der Waals surface area contributed by atoms with Gasteiger partial charge >= 0.3 is 6.09 Å². The molecular formula is C12H16N2O2. The van der Waals surface area contributed by atoms with Crippen LogP contribution < -0.4 is 10.6 Å². The molecule has 1 saturated heterocycles. The second-order valence-corrected chi connectivity index (χ2v) is 4.58. The van der Waals surface area contributed by atoms with E-state index in [1.807, 2.05) is 38.1 Å². The van der Waals surface area contributed by atoms with Gasteiger partial charge in [0.2, 0.25) is 0 Å². The molecule has 4 nitrogen and oxygen atoms in total. The molecule has 0 atom stereocenters. The van der Waals surface area contributed by atoms with Crippen molar-refractivity contribution in [1.29, 1.82) is 0 Å². The van der Waals surface area contributed by atoms with Crippen LogP contribution in [0.15, 0.2) is 24.3 Å². The Morgan fingerprint density at radius 3 is 2.44 bits per heavy atom. The van der Waals surface area contributed by atoms with Crippen LogP contribution >= 0.6 is 0 Å². The summed E-state index contributed by atoms with van der Waals surface area (Å²) in [4.78, 5) is 13.3. The van der Waals surface area contributed by atoms with Gasteiger partial charge in [0.05, 0.1) is 6.54 Å². The van der Waals surface area contributed by atoms with E-state index in [1.165, 1.54) is 0 Å². The highest BCUT2D eigenvalue weighted by Crippen LogP contribution is 2.27. The fraction of sp³-hybridized carbons (Fsp3) is 0.417. The number of amides is 1. The normalized spacial score (nSPS) is 18.7. The molecule has 0 radical (unpaired) electrons. The van der Waals surface area contributed by atoms with Gasteiger partial charge < -0.3 is 10.5 Å². The van der Waals surface area contributed by atoms with Crippen LogP contribution in [0.1, 0.15) is 19.4 Å². The minimum atomic E-state index is -0.413. The molecule has 1 fully saturated rings. The third-order valence-electron chi connectivity index (χ3n) is 2.61. The Balaban J connectivity index is 2.21. The molecule has 1 heterocycles. The Morgan fingerprint density at radius 1 is 1.38 bits per heavy atom. The Hall–Kier alpha value is -1.55. The predicted molar refractivity (Wildman–Crippen MR) is 62.2 cm³/mol. The van der Waals surface area contributed by atoms with Gasteiger partial charge in [-0.25, -0.2) is 4.79 Å². The number of carbonyl (C=O) groups is 1. The summed E-state index contributed by atoms with van der Waals surface area (Å²) in [5.41, 5.74) is 7.01. The lowest BCUT2D eigenvalue weighted by atomic mass is 10.1. The molecule has 0 aromatic heterocycles. The van der Waals surface area contributed by atoms with Gasteiger partial charge in [-0.2, -0.15) is 0 Å². The topological polar surface area (TPSA) is 55.6 Å². The molecule has 0 saturated carbocycles.